The number of nitrogens with one attached hydrogen (secondary N) is 2. The van der Waals surface area contributed by atoms with Gasteiger partial charge in [-0.25, -0.2) is 5.43 Å². The molecule has 0 spiro atoms. The number of rotatable bonds is 6. The van der Waals surface area contributed by atoms with Crippen molar-refractivity contribution in [2.75, 3.05) is 25.1 Å². The van der Waals surface area contributed by atoms with Gasteiger partial charge in [0.2, 0.25) is 0 Å². The first-order valence-corrected chi connectivity index (χ1v) is 7.49. The van der Waals surface area contributed by atoms with Crippen LogP contribution in [0.1, 0.15) is 16.1 Å². The molecule has 0 radical (unpaired) electrons. The first-order chi connectivity index (χ1) is 10.6. The number of H-pyrrole nitrogens is 1. The van der Waals surface area contributed by atoms with E-state index in [-0.39, 0.29) is 12.5 Å². The summed E-state index contributed by atoms with van der Waals surface area (Å²) >= 11 is 3.27. The standard InChI is InChI=1S/C15H17BrN4O2/c1-20(6-7-21)13-4-2-11(3-5-13)9-18-19-15(22)14-8-12(16)10-17-14/h2-5,8-10,17,21H,6-7H2,1H3,(H,19,22)/b18-9-. The predicted molar refractivity (Wildman–Crippen MR) is 90.4 cm³/mol. The molecule has 1 amide bonds. The van der Waals surface area contributed by atoms with E-state index in [9.17, 15) is 4.79 Å². The third-order valence-corrected chi connectivity index (χ3v) is 3.50. The predicted octanol–water partition coefficient (Wildman–Crippen LogP) is 1.97. The van der Waals surface area contributed by atoms with Crippen LogP contribution in [-0.2, 0) is 0 Å². The molecule has 3 N–H and O–H groups in total. The van der Waals surface area contributed by atoms with Crippen molar-refractivity contribution in [2.45, 2.75) is 0 Å². The molecule has 0 atom stereocenters. The summed E-state index contributed by atoms with van der Waals surface area (Å²) in [6.07, 6.45) is 3.26. The number of aromatic nitrogens is 1. The maximum atomic E-state index is 11.8. The van der Waals surface area contributed by atoms with Crippen molar-refractivity contribution in [2.24, 2.45) is 5.10 Å². The lowest BCUT2D eigenvalue weighted by atomic mass is 10.2. The number of aromatic amines is 1. The molecule has 6 nitrogen and oxygen atoms in total. The Morgan fingerprint density at radius 1 is 1.45 bits per heavy atom. The zero-order valence-corrected chi connectivity index (χ0v) is 13.7. The number of likely N-dealkylation sites (N-methyl/N-ethyl adjacent to an activating group) is 1. The SMILES string of the molecule is CN(CCO)c1ccc(/C=N\NC(=O)c2cc(Br)c[nH]2)cc1. The normalized spacial score (nSPS) is 10.9. The average Bonchev–Trinajstić information content (AvgIpc) is 2.95. The molecule has 0 aliphatic carbocycles. The number of carbonyl (C=O) groups excluding carboxylic acids is 1. The van der Waals surface area contributed by atoms with Crippen LogP contribution in [0.3, 0.4) is 0 Å². The minimum Gasteiger partial charge on any atom is -0.395 e. The molecule has 2 aromatic rings. The Morgan fingerprint density at radius 2 is 2.18 bits per heavy atom. The van der Waals surface area contributed by atoms with E-state index in [0.29, 0.717) is 12.2 Å². The van der Waals surface area contributed by atoms with Crippen LogP contribution < -0.4 is 10.3 Å². The average molecular weight is 365 g/mol. The highest BCUT2D eigenvalue weighted by atomic mass is 79.9. The summed E-state index contributed by atoms with van der Waals surface area (Å²) in [5, 5.41) is 12.8. The van der Waals surface area contributed by atoms with Gasteiger partial charge in [-0.15, -0.1) is 0 Å². The Bertz CT molecular complexity index is 652. The number of halogens is 1. The number of hydrazone groups is 1. The van der Waals surface area contributed by atoms with E-state index in [4.69, 9.17) is 5.11 Å². The quantitative estimate of drug-likeness (QED) is 0.541. The first kappa shape index (κ1) is 16.3. The maximum absolute atomic E-state index is 11.8. The molecule has 1 aromatic carbocycles. The Kier molecular flexibility index (Phi) is 5.74. The number of aliphatic hydroxyl groups excluding tert-OH is 1. The molecular weight excluding hydrogens is 348 g/mol. The number of aliphatic hydroxyl groups is 1. The van der Waals surface area contributed by atoms with Crippen molar-refractivity contribution in [3.63, 3.8) is 0 Å². The van der Waals surface area contributed by atoms with E-state index in [0.717, 1.165) is 15.7 Å². The van der Waals surface area contributed by atoms with E-state index in [1.165, 1.54) is 0 Å². The van der Waals surface area contributed by atoms with Gasteiger partial charge in [-0.2, -0.15) is 5.10 Å². The van der Waals surface area contributed by atoms with Crippen LogP contribution in [0.15, 0.2) is 46.1 Å². The summed E-state index contributed by atoms with van der Waals surface area (Å²) < 4.78 is 0.809. The summed E-state index contributed by atoms with van der Waals surface area (Å²) in [5.41, 5.74) is 4.76. The molecule has 1 heterocycles. The van der Waals surface area contributed by atoms with Gasteiger partial charge in [0.15, 0.2) is 0 Å². The fourth-order valence-electron chi connectivity index (χ4n) is 1.82. The lowest BCUT2D eigenvalue weighted by Gasteiger charge is -2.17. The van der Waals surface area contributed by atoms with Crippen LogP contribution in [0.5, 0.6) is 0 Å². The summed E-state index contributed by atoms with van der Waals surface area (Å²) in [6, 6.07) is 9.33. The molecular formula is C15H17BrN4O2. The topological polar surface area (TPSA) is 80.7 Å². The smallest absolute Gasteiger partial charge is 0.287 e. The molecule has 22 heavy (non-hydrogen) atoms. The summed E-state index contributed by atoms with van der Waals surface area (Å²) in [5.74, 6) is -0.304. The molecule has 1 aromatic heterocycles. The number of nitrogens with zero attached hydrogens (tertiary/aromatic N) is 2. The second-order valence-electron chi connectivity index (χ2n) is 4.67. The minimum atomic E-state index is -0.304. The molecule has 2 rings (SSSR count). The molecule has 0 saturated carbocycles. The Labute approximate surface area is 137 Å². The fourth-order valence-corrected chi connectivity index (χ4v) is 2.16. The van der Waals surface area contributed by atoms with E-state index in [1.54, 1.807) is 18.5 Å². The highest BCUT2D eigenvalue weighted by Crippen LogP contribution is 2.12. The number of anilines is 1. The van der Waals surface area contributed by atoms with Crippen molar-refractivity contribution in [3.05, 3.63) is 52.3 Å². The van der Waals surface area contributed by atoms with E-state index in [2.05, 4.69) is 31.4 Å². The number of carbonyl (C=O) groups is 1. The van der Waals surface area contributed by atoms with Crippen molar-refractivity contribution >= 4 is 33.7 Å². The third kappa shape index (κ3) is 4.44. The Morgan fingerprint density at radius 3 is 2.77 bits per heavy atom. The van der Waals surface area contributed by atoms with E-state index >= 15 is 0 Å². The maximum Gasteiger partial charge on any atom is 0.287 e. The molecule has 0 aliphatic rings. The van der Waals surface area contributed by atoms with Crippen LogP contribution in [-0.4, -0.2) is 42.4 Å². The highest BCUT2D eigenvalue weighted by Gasteiger charge is 2.05. The molecule has 116 valence electrons. The second-order valence-corrected chi connectivity index (χ2v) is 5.58. The van der Waals surface area contributed by atoms with Gasteiger partial charge < -0.3 is 15.0 Å². The van der Waals surface area contributed by atoms with E-state index < -0.39 is 0 Å². The van der Waals surface area contributed by atoms with Crippen LogP contribution in [0.4, 0.5) is 5.69 Å². The van der Waals surface area contributed by atoms with Gasteiger partial charge in [0.05, 0.1) is 12.8 Å². The van der Waals surface area contributed by atoms with Crippen molar-refractivity contribution < 1.29 is 9.90 Å². The molecule has 0 unspecified atom stereocenters. The second kappa shape index (κ2) is 7.77. The number of hydrogen-bond acceptors (Lipinski definition) is 4. The lowest BCUT2D eigenvalue weighted by Crippen LogP contribution is -2.20. The van der Waals surface area contributed by atoms with Gasteiger partial charge in [0, 0.05) is 29.9 Å². The largest absolute Gasteiger partial charge is 0.395 e. The summed E-state index contributed by atoms with van der Waals surface area (Å²) in [4.78, 5) is 16.5. The van der Waals surface area contributed by atoms with Gasteiger partial charge in [-0.1, -0.05) is 12.1 Å². The highest BCUT2D eigenvalue weighted by molar-refractivity contribution is 9.10. The van der Waals surface area contributed by atoms with Crippen molar-refractivity contribution in [1.82, 2.24) is 10.4 Å². The number of amides is 1. The molecule has 0 aliphatic heterocycles. The number of hydrogen-bond donors (Lipinski definition) is 3. The summed E-state index contributed by atoms with van der Waals surface area (Å²) in [6.45, 7) is 0.690. The van der Waals surface area contributed by atoms with Crippen molar-refractivity contribution in [1.29, 1.82) is 0 Å². The van der Waals surface area contributed by atoms with Crippen molar-refractivity contribution in [3.8, 4) is 0 Å². The van der Waals surface area contributed by atoms with E-state index in [1.807, 2.05) is 36.2 Å². The van der Waals surface area contributed by atoms with Crippen LogP contribution in [0.25, 0.3) is 0 Å². The van der Waals surface area contributed by atoms with Gasteiger partial charge in [-0.3, -0.25) is 4.79 Å². The zero-order chi connectivity index (χ0) is 15.9. The van der Waals surface area contributed by atoms with Crippen LogP contribution in [0.2, 0.25) is 0 Å². The Balaban J connectivity index is 1.91. The molecule has 0 saturated heterocycles. The molecule has 7 heteroatoms. The van der Waals surface area contributed by atoms with Gasteiger partial charge in [-0.05, 0) is 39.7 Å². The molecule has 0 fully saturated rings. The molecule has 0 bridgehead atoms. The monoisotopic (exact) mass is 364 g/mol. The van der Waals surface area contributed by atoms with Gasteiger partial charge in [0.1, 0.15) is 5.69 Å². The van der Waals surface area contributed by atoms with Crippen LogP contribution in [0, 0.1) is 0 Å². The fraction of sp³-hybridized carbons (Fsp3) is 0.200. The Hall–Kier alpha value is -2.12. The van der Waals surface area contributed by atoms with Gasteiger partial charge in [0.25, 0.3) is 5.91 Å². The zero-order valence-electron chi connectivity index (χ0n) is 12.1. The first-order valence-electron chi connectivity index (χ1n) is 6.69. The lowest BCUT2D eigenvalue weighted by molar-refractivity contribution is 0.0951. The van der Waals surface area contributed by atoms with Crippen LogP contribution >= 0.6 is 15.9 Å². The third-order valence-electron chi connectivity index (χ3n) is 3.04. The minimum absolute atomic E-state index is 0.112. The van der Waals surface area contributed by atoms with Gasteiger partial charge >= 0.3 is 0 Å². The number of benzene rings is 1. The summed E-state index contributed by atoms with van der Waals surface area (Å²) in [7, 11) is 1.91.